The van der Waals surface area contributed by atoms with E-state index in [1.54, 1.807) is 24.3 Å². The van der Waals surface area contributed by atoms with Gasteiger partial charge in [-0.15, -0.1) is 0 Å². The molecule has 0 saturated carbocycles. The number of rotatable bonds is 3. The average Bonchev–Trinajstić information content (AvgIpc) is 3.04. The quantitative estimate of drug-likeness (QED) is 0.531. The van der Waals surface area contributed by atoms with E-state index in [1.165, 1.54) is 19.2 Å². The van der Waals surface area contributed by atoms with Crippen molar-refractivity contribution in [2.45, 2.75) is 26.4 Å². The lowest BCUT2D eigenvalue weighted by atomic mass is 10.0. The molecule has 3 rings (SSSR count). The van der Waals surface area contributed by atoms with Gasteiger partial charge in [0.25, 0.3) is 0 Å². The molecule has 0 bridgehead atoms. The Morgan fingerprint density at radius 3 is 2.44 bits per heavy atom. The third kappa shape index (κ3) is 4.83. The summed E-state index contributed by atoms with van der Waals surface area (Å²) in [6.45, 7) is 4.00. The number of esters is 1. The summed E-state index contributed by atoms with van der Waals surface area (Å²) in [5.41, 5.74) is 1.07. The number of alkyl halides is 3. The first-order chi connectivity index (χ1) is 12.8. The van der Waals surface area contributed by atoms with Crippen LogP contribution < -0.4 is 0 Å². The molecule has 7 heteroatoms. The van der Waals surface area contributed by atoms with Crippen LogP contribution in [0.25, 0.3) is 10.9 Å². The van der Waals surface area contributed by atoms with Crippen LogP contribution in [0.5, 0.6) is 0 Å². The van der Waals surface area contributed by atoms with Crippen molar-refractivity contribution in [1.82, 2.24) is 4.98 Å². The highest BCUT2D eigenvalue weighted by molar-refractivity contribution is 6.30. The number of ether oxygens (including phenoxy) is 1. The summed E-state index contributed by atoms with van der Waals surface area (Å²) in [5, 5.41) is 0.760. The topological polar surface area (TPSA) is 42.1 Å². The smallest absolute Gasteiger partial charge is 0.416 e. The minimum atomic E-state index is -4.48. The molecule has 27 heavy (non-hydrogen) atoms. The number of carbonyl (C=O) groups is 1. The van der Waals surface area contributed by atoms with Gasteiger partial charge in [-0.2, -0.15) is 13.2 Å². The number of hydrogen-bond donors (Lipinski definition) is 1. The summed E-state index contributed by atoms with van der Waals surface area (Å²) in [5.74, 6) is -0.471. The summed E-state index contributed by atoms with van der Waals surface area (Å²) in [4.78, 5) is 14.6. The maximum atomic E-state index is 13.2. The Bertz CT molecular complexity index is 948. The minimum Gasteiger partial charge on any atom is -0.465 e. The Hall–Kier alpha value is -2.47. The Kier molecular flexibility index (Phi) is 6.54. The van der Waals surface area contributed by atoms with Gasteiger partial charge in [0, 0.05) is 28.0 Å². The Morgan fingerprint density at radius 1 is 1.11 bits per heavy atom. The molecular weight excluding hydrogens is 379 g/mol. The van der Waals surface area contributed by atoms with Gasteiger partial charge in [0.15, 0.2) is 0 Å². The van der Waals surface area contributed by atoms with E-state index >= 15 is 0 Å². The van der Waals surface area contributed by atoms with Crippen molar-refractivity contribution in [2.24, 2.45) is 0 Å². The van der Waals surface area contributed by atoms with Crippen molar-refractivity contribution in [3.8, 4) is 0 Å². The zero-order valence-corrected chi connectivity index (χ0v) is 15.8. The van der Waals surface area contributed by atoms with Gasteiger partial charge in [0.1, 0.15) is 0 Å². The first-order valence-corrected chi connectivity index (χ1v) is 8.71. The first-order valence-electron chi connectivity index (χ1n) is 8.33. The van der Waals surface area contributed by atoms with Gasteiger partial charge in [-0.05, 0) is 42.0 Å². The zero-order chi connectivity index (χ0) is 20.2. The summed E-state index contributed by atoms with van der Waals surface area (Å²) >= 11 is 5.70. The summed E-state index contributed by atoms with van der Waals surface area (Å²) in [7, 11) is 1.29. The molecule has 144 valence electrons. The lowest BCUT2D eigenvalue weighted by Gasteiger charge is -2.12. The normalized spacial score (nSPS) is 11.1. The van der Waals surface area contributed by atoms with E-state index < -0.39 is 17.7 Å². The Balaban J connectivity index is 0.00000126. The van der Waals surface area contributed by atoms with Crippen LogP contribution in [0.2, 0.25) is 5.02 Å². The first kappa shape index (κ1) is 20.8. The molecule has 0 unspecified atom stereocenters. The Morgan fingerprint density at radius 2 is 1.81 bits per heavy atom. The molecule has 0 atom stereocenters. The predicted octanol–water partition coefficient (Wildman–Crippen LogP) is 6.24. The molecule has 0 aliphatic heterocycles. The minimum absolute atomic E-state index is 0.0374. The Labute approximate surface area is 160 Å². The van der Waals surface area contributed by atoms with Crippen molar-refractivity contribution in [3.63, 3.8) is 0 Å². The number of methoxy groups -OCH3 is 1. The van der Waals surface area contributed by atoms with E-state index in [0.29, 0.717) is 11.3 Å². The SMILES string of the molecule is CC.COC(=O)c1ccc2[nH]c(Cc3ccc(Cl)cc3C(F)(F)F)cc2c1. The van der Waals surface area contributed by atoms with Crippen molar-refractivity contribution >= 4 is 28.5 Å². The molecule has 1 N–H and O–H groups in total. The molecular formula is C20H19ClF3NO2. The van der Waals surface area contributed by atoms with Crippen LogP contribution in [0.4, 0.5) is 13.2 Å². The number of benzene rings is 2. The molecule has 3 nitrogen and oxygen atoms in total. The highest BCUT2D eigenvalue weighted by atomic mass is 35.5. The molecule has 0 saturated heterocycles. The number of aromatic amines is 1. The monoisotopic (exact) mass is 397 g/mol. The molecule has 0 aliphatic carbocycles. The standard InChI is InChI=1S/C18H13ClF3NO2.C2H6/c1-25-17(24)11-3-5-16-12(6-11)8-14(23-16)7-10-2-4-13(19)9-15(10)18(20,21)22;1-2/h2-6,8-9,23H,7H2,1H3;1-2H3. The molecule has 0 fully saturated rings. The number of halogens is 4. The largest absolute Gasteiger partial charge is 0.465 e. The number of fused-ring (bicyclic) bond motifs is 1. The van der Waals surface area contributed by atoms with Gasteiger partial charge >= 0.3 is 12.1 Å². The van der Waals surface area contributed by atoms with Crippen molar-refractivity contribution in [1.29, 1.82) is 0 Å². The highest BCUT2D eigenvalue weighted by Crippen LogP contribution is 2.35. The molecule has 0 aliphatic rings. The van der Waals surface area contributed by atoms with E-state index in [2.05, 4.69) is 9.72 Å². The number of nitrogens with one attached hydrogen (secondary N) is 1. The van der Waals surface area contributed by atoms with E-state index in [-0.39, 0.29) is 17.0 Å². The summed E-state index contributed by atoms with van der Waals surface area (Å²) in [6, 6.07) is 10.4. The molecule has 0 spiro atoms. The molecule has 0 radical (unpaired) electrons. The maximum Gasteiger partial charge on any atom is 0.416 e. The lowest BCUT2D eigenvalue weighted by molar-refractivity contribution is -0.138. The van der Waals surface area contributed by atoms with Crippen LogP contribution in [-0.4, -0.2) is 18.1 Å². The number of hydrogen-bond acceptors (Lipinski definition) is 2. The number of H-pyrrole nitrogens is 1. The maximum absolute atomic E-state index is 13.2. The third-order valence-electron chi connectivity index (χ3n) is 3.86. The van der Waals surface area contributed by atoms with E-state index in [0.717, 1.165) is 17.0 Å². The molecule has 0 amide bonds. The number of carbonyl (C=O) groups excluding carboxylic acids is 1. The van der Waals surface area contributed by atoms with E-state index in [1.807, 2.05) is 13.8 Å². The van der Waals surface area contributed by atoms with Gasteiger partial charge in [0.2, 0.25) is 0 Å². The molecule has 1 aromatic heterocycles. The fraction of sp³-hybridized carbons (Fsp3) is 0.250. The van der Waals surface area contributed by atoms with Gasteiger partial charge in [-0.1, -0.05) is 31.5 Å². The van der Waals surface area contributed by atoms with E-state index in [4.69, 9.17) is 11.6 Å². The van der Waals surface area contributed by atoms with Crippen LogP contribution in [0.15, 0.2) is 42.5 Å². The fourth-order valence-corrected chi connectivity index (χ4v) is 2.88. The van der Waals surface area contributed by atoms with Crippen LogP contribution in [0.1, 0.15) is 41.0 Å². The molecule has 3 aromatic rings. The second kappa shape index (κ2) is 8.48. The summed E-state index contributed by atoms with van der Waals surface area (Å²) < 4.78 is 44.3. The molecule has 2 aromatic carbocycles. The lowest BCUT2D eigenvalue weighted by Crippen LogP contribution is -2.09. The van der Waals surface area contributed by atoms with Crippen LogP contribution >= 0.6 is 11.6 Å². The third-order valence-corrected chi connectivity index (χ3v) is 4.09. The van der Waals surface area contributed by atoms with Gasteiger partial charge in [-0.3, -0.25) is 0 Å². The molecule has 1 heterocycles. The predicted molar refractivity (Wildman–Crippen MR) is 100 cm³/mol. The second-order valence-electron chi connectivity index (χ2n) is 5.56. The van der Waals surface area contributed by atoms with Crippen LogP contribution in [0.3, 0.4) is 0 Å². The van der Waals surface area contributed by atoms with Crippen molar-refractivity contribution < 1.29 is 22.7 Å². The second-order valence-corrected chi connectivity index (χ2v) is 6.00. The van der Waals surface area contributed by atoms with Crippen molar-refractivity contribution in [3.05, 3.63) is 69.9 Å². The average molecular weight is 398 g/mol. The highest BCUT2D eigenvalue weighted by Gasteiger charge is 2.33. The fourth-order valence-electron chi connectivity index (χ4n) is 2.70. The van der Waals surface area contributed by atoms with Gasteiger partial charge in [-0.25, -0.2) is 4.79 Å². The van der Waals surface area contributed by atoms with Crippen molar-refractivity contribution in [2.75, 3.05) is 7.11 Å². The van der Waals surface area contributed by atoms with Gasteiger partial charge in [0.05, 0.1) is 18.2 Å². The van der Waals surface area contributed by atoms with Crippen LogP contribution in [0, 0.1) is 0 Å². The zero-order valence-electron chi connectivity index (χ0n) is 15.1. The summed E-state index contributed by atoms with van der Waals surface area (Å²) in [6.07, 6.45) is -4.42. The van der Waals surface area contributed by atoms with E-state index in [9.17, 15) is 18.0 Å². The van der Waals surface area contributed by atoms with Crippen LogP contribution in [-0.2, 0) is 17.3 Å². The van der Waals surface area contributed by atoms with Gasteiger partial charge < -0.3 is 9.72 Å². The number of aromatic nitrogens is 1.